The molecule has 0 atom stereocenters. The van der Waals surface area contributed by atoms with Crippen molar-refractivity contribution in [3.05, 3.63) is 127 Å². The minimum atomic E-state index is -0.625. The third-order valence-electron chi connectivity index (χ3n) is 5.73. The summed E-state index contributed by atoms with van der Waals surface area (Å²) in [7, 11) is 0. The van der Waals surface area contributed by atoms with Crippen LogP contribution in [0.4, 0.5) is 17.1 Å². The van der Waals surface area contributed by atoms with Crippen LogP contribution in [0.5, 0.6) is 11.5 Å². The van der Waals surface area contributed by atoms with E-state index in [2.05, 4.69) is 80.4 Å². The average molecular weight is 490 g/mol. The third-order valence-corrected chi connectivity index (χ3v) is 5.73. The quantitative estimate of drug-likeness (QED) is 0.145. The number of aryl methyl sites for hydroxylation is 2. The fraction of sp³-hybridized carbons (Fsp3) is 0.0625. The van der Waals surface area contributed by atoms with Crippen molar-refractivity contribution in [2.24, 2.45) is 0 Å². The first-order valence-corrected chi connectivity index (χ1v) is 11.7. The molecule has 0 saturated carbocycles. The summed E-state index contributed by atoms with van der Waals surface area (Å²) in [5, 5.41) is 0. The molecule has 0 fully saturated rings. The molecule has 0 aliphatic heterocycles. The van der Waals surface area contributed by atoms with Gasteiger partial charge in [-0.25, -0.2) is 9.59 Å². The second-order valence-electron chi connectivity index (χ2n) is 8.43. The van der Waals surface area contributed by atoms with E-state index in [0.717, 1.165) is 45.9 Å². The summed E-state index contributed by atoms with van der Waals surface area (Å²) >= 11 is 0. The first-order chi connectivity index (χ1) is 17.9. The predicted molar refractivity (Wildman–Crippen MR) is 148 cm³/mol. The van der Waals surface area contributed by atoms with Crippen molar-refractivity contribution in [1.29, 1.82) is 0 Å². The molecule has 4 aromatic carbocycles. The van der Waals surface area contributed by atoms with Crippen molar-refractivity contribution < 1.29 is 19.1 Å². The number of hydrogen-bond donors (Lipinski definition) is 0. The third kappa shape index (κ3) is 5.85. The number of esters is 2. The van der Waals surface area contributed by atoms with Gasteiger partial charge in [0.1, 0.15) is 11.5 Å². The van der Waals surface area contributed by atoms with Crippen LogP contribution in [0.3, 0.4) is 0 Å². The lowest BCUT2D eigenvalue weighted by molar-refractivity contribution is -0.129. The number of ether oxygens (including phenoxy) is 2. The SMILES string of the molecule is C=CC(=O)Oc1ccc(-c2ccccc2N(c2ccc(C)cc2)c2ccc(C)cc2)c(OC(=O)C=C)c1. The Morgan fingerprint density at radius 3 is 1.78 bits per heavy atom. The van der Waals surface area contributed by atoms with Gasteiger partial charge >= 0.3 is 11.9 Å². The molecule has 5 nitrogen and oxygen atoms in total. The molecular weight excluding hydrogens is 462 g/mol. The van der Waals surface area contributed by atoms with Gasteiger partial charge in [0, 0.05) is 40.7 Å². The zero-order valence-electron chi connectivity index (χ0n) is 20.8. The van der Waals surface area contributed by atoms with Crippen molar-refractivity contribution in [1.82, 2.24) is 0 Å². The highest BCUT2D eigenvalue weighted by Gasteiger charge is 2.20. The van der Waals surface area contributed by atoms with Crippen molar-refractivity contribution in [3.63, 3.8) is 0 Å². The molecule has 0 radical (unpaired) electrons. The smallest absolute Gasteiger partial charge is 0.335 e. The van der Waals surface area contributed by atoms with Gasteiger partial charge in [-0.3, -0.25) is 0 Å². The molecule has 0 spiro atoms. The summed E-state index contributed by atoms with van der Waals surface area (Å²) in [6.45, 7) is 11.0. The van der Waals surface area contributed by atoms with E-state index < -0.39 is 11.9 Å². The summed E-state index contributed by atoms with van der Waals surface area (Å²) in [6.07, 6.45) is 2.16. The first-order valence-electron chi connectivity index (χ1n) is 11.7. The van der Waals surface area contributed by atoms with E-state index in [9.17, 15) is 9.59 Å². The van der Waals surface area contributed by atoms with Crippen LogP contribution in [0.2, 0.25) is 0 Å². The highest BCUT2D eigenvalue weighted by atomic mass is 16.5. The van der Waals surface area contributed by atoms with Gasteiger partial charge in [-0.05, 0) is 56.3 Å². The molecule has 0 aliphatic rings. The van der Waals surface area contributed by atoms with E-state index in [1.807, 2.05) is 24.3 Å². The summed E-state index contributed by atoms with van der Waals surface area (Å²) in [5.41, 5.74) is 6.60. The molecule has 0 aromatic heterocycles. The molecule has 4 rings (SSSR count). The van der Waals surface area contributed by atoms with Crippen molar-refractivity contribution in [3.8, 4) is 22.6 Å². The molecule has 184 valence electrons. The highest BCUT2D eigenvalue weighted by molar-refractivity contribution is 5.92. The monoisotopic (exact) mass is 489 g/mol. The van der Waals surface area contributed by atoms with E-state index in [0.29, 0.717) is 5.56 Å². The first kappa shape index (κ1) is 25.2. The molecule has 0 heterocycles. The number of hydrogen-bond acceptors (Lipinski definition) is 5. The average Bonchev–Trinajstić information content (AvgIpc) is 2.91. The Bertz CT molecular complexity index is 1410. The summed E-state index contributed by atoms with van der Waals surface area (Å²) in [6, 6.07) is 29.3. The van der Waals surface area contributed by atoms with Crippen LogP contribution in [0.25, 0.3) is 11.1 Å². The molecule has 0 bridgehead atoms. The van der Waals surface area contributed by atoms with Gasteiger partial charge < -0.3 is 14.4 Å². The molecule has 37 heavy (non-hydrogen) atoms. The van der Waals surface area contributed by atoms with Gasteiger partial charge in [0.2, 0.25) is 0 Å². The molecule has 0 amide bonds. The summed E-state index contributed by atoms with van der Waals surface area (Å²) in [5.74, 6) is -0.773. The Kier molecular flexibility index (Phi) is 7.65. The second-order valence-corrected chi connectivity index (χ2v) is 8.43. The largest absolute Gasteiger partial charge is 0.423 e. The van der Waals surface area contributed by atoms with E-state index >= 15 is 0 Å². The fourth-order valence-corrected chi connectivity index (χ4v) is 3.89. The molecule has 5 heteroatoms. The zero-order chi connectivity index (χ0) is 26.4. The maximum atomic E-state index is 12.2. The van der Waals surface area contributed by atoms with E-state index in [-0.39, 0.29) is 11.5 Å². The predicted octanol–water partition coefficient (Wildman–Crippen LogP) is 7.62. The number of anilines is 3. The van der Waals surface area contributed by atoms with Gasteiger partial charge in [-0.1, -0.05) is 66.7 Å². The van der Waals surface area contributed by atoms with Crippen molar-refractivity contribution in [2.45, 2.75) is 13.8 Å². The molecule has 0 unspecified atom stereocenters. The number of nitrogens with zero attached hydrogens (tertiary/aromatic N) is 1. The van der Waals surface area contributed by atoms with Crippen LogP contribution >= 0.6 is 0 Å². The molecular formula is C32H27NO4. The van der Waals surface area contributed by atoms with Gasteiger partial charge in [-0.15, -0.1) is 0 Å². The number of carbonyl (C=O) groups excluding carboxylic acids is 2. The lowest BCUT2D eigenvalue weighted by Gasteiger charge is -2.28. The van der Waals surface area contributed by atoms with Crippen molar-refractivity contribution >= 4 is 29.0 Å². The standard InChI is InChI=1S/C32H27NO4/c1-5-31(34)36-26-19-20-28(30(21-26)37-32(35)6-2)27-9-7-8-10-29(27)33(24-15-11-22(3)12-16-24)25-17-13-23(4)14-18-25/h5-21H,1-2H2,3-4H3. The van der Waals surface area contributed by atoms with Gasteiger partial charge in [0.25, 0.3) is 0 Å². The maximum absolute atomic E-state index is 12.2. The van der Waals surface area contributed by atoms with E-state index in [1.165, 1.54) is 6.07 Å². The van der Waals surface area contributed by atoms with E-state index in [1.54, 1.807) is 12.1 Å². The Labute approximate surface area is 216 Å². The van der Waals surface area contributed by atoms with Gasteiger partial charge in [0.05, 0.1) is 5.69 Å². The second kappa shape index (κ2) is 11.2. The van der Waals surface area contributed by atoms with Crippen LogP contribution in [0.15, 0.2) is 116 Å². The Hall–Kier alpha value is -4.90. The molecule has 4 aromatic rings. The fourth-order valence-electron chi connectivity index (χ4n) is 3.89. The van der Waals surface area contributed by atoms with Crippen molar-refractivity contribution in [2.75, 3.05) is 4.90 Å². The van der Waals surface area contributed by atoms with Crippen LogP contribution in [0.1, 0.15) is 11.1 Å². The van der Waals surface area contributed by atoms with Crippen LogP contribution in [-0.4, -0.2) is 11.9 Å². The summed E-state index contributed by atoms with van der Waals surface area (Å²) < 4.78 is 10.9. The number of benzene rings is 4. The lowest BCUT2D eigenvalue weighted by Crippen LogP contribution is -2.12. The van der Waals surface area contributed by atoms with Crippen LogP contribution < -0.4 is 14.4 Å². The zero-order valence-corrected chi connectivity index (χ0v) is 20.8. The Balaban J connectivity index is 1.91. The molecule has 0 aliphatic carbocycles. The Morgan fingerprint density at radius 2 is 1.22 bits per heavy atom. The van der Waals surface area contributed by atoms with Crippen LogP contribution in [0, 0.1) is 13.8 Å². The highest BCUT2D eigenvalue weighted by Crippen LogP contribution is 2.44. The minimum Gasteiger partial charge on any atom is -0.423 e. The van der Waals surface area contributed by atoms with Gasteiger partial charge in [-0.2, -0.15) is 0 Å². The van der Waals surface area contributed by atoms with Gasteiger partial charge in [0.15, 0.2) is 0 Å². The van der Waals surface area contributed by atoms with E-state index in [4.69, 9.17) is 9.47 Å². The lowest BCUT2D eigenvalue weighted by atomic mass is 10.00. The minimum absolute atomic E-state index is 0.229. The molecule has 0 N–H and O–H groups in total. The number of carbonyl (C=O) groups is 2. The molecule has 0 saturated heterocycles. The normalized spacial score (nSPS) is 10.3. The summed E-state index contributed by atoms with van der Waals surface area (Å²) in [4.78, 5) is 26.1. The topological polar surface area (TPSA) is 55.8 Å². The van der Waals surface area contributed by atoms with Crippen LogP contribution in [-0.2, 0) is 9.59 Å². The Morgan fingerprint density at radius 1 is 0.676 bits per heavy atom. The number of para-hydroxylation sites is 1. The maximum Gasteiger partial charge on any atom is 0.335 e. The number of rotatable bonds is 8.